The highest BCUT2D eigenvalue weighted by atomic mass is 19.1. The molecule has 162 valence electrons. The van der Waals surface area contributed by atoms with Gasteiger partial charge in [-0.3, -0.25) is 9.69 Å². The van der Waals surface area contributed by atoms with E-state index in [-0.39, 0.29) is 11.7 Å². The van der Waals surface area contributed by atoms with Crippen molar-refractivity contribution < 1.29 is 13.7 Å². The van der Waals surface area contributed by atoms with E-state index in [2.05, 4.69) is 39.3 Å². The number of rotatable bonds is 7. The molecule has 0 aliphatic carbocycles. The molecule has 0 radical (unpaired) electrons. The predicted octanol–water partition coefficient (Wildman–Crippen LogP) is 3.50. The largest absolute Gasteiger partial charge is 0.340 e. The Bertz CT molecular complexity index is 1010. The Morgan fingerprint density at radius 2 is 1.84 bits per heavy atom. The van der Waals surface area contributed by atoms with Crippen molar-refractivity contribution >= 4 is 5.91 Å². The number of hydrogen-bond acceptors (Lipinski definition) is 5. The van der Waals surface area contributed by atoms with Crippen LogP contribution in [-0.4, -0.2) is 58.6 Å². The highest BCUT2D eigenvalue weighted by molar-refractivity contribution is 5.76. The molecule has 1 aromatic heterocycles. The highest BCUT2D eigenvalue weighted by Gasteiger charge is 2.21. The molecular weight excluding hydrogens is 395 g/mol. The van der Waals surface area contributed by atoms with Crippen molar-refractivity contribution in [1.82, 2.24) is 19.9 Å². The average Bonchev–Trinajstić information content (AvgIpc) is 3.28. The van der Waals surface area contributed by atoms with E-state index in [0.29, 0.717) is 35.7 Å². The Morgan fingerprint density at radius 1 is 1.06 bits per heavy atom. The number of amides is 1. The number of aryl methyl sites for hydroxylation is 2. The zero-order valence-corrected chi connectivity index (χ0v) is 17.8. The first-order valence-corrected chi connectivity index (χ1v) is 10.7. The number of piperazine rings is 1. The lowest BCUT2D eigenvalue weighted by Crippen LogP contribution is -2.49. The van der Waals surface area contributed by atoms with Crippen LogP contribution in [0.5, 0.6) is 0 Å². The van der Waals surface area contributed by atoms with Gasteiger partial charge in [0.05, 0.1) is 0 Å². The summed E-state index contributed by atoms with van der Waals surface area (Å²) in [6.07, 6.45) is 1.74. The third-order valence-electron chi connectivity index (χ3n) is 5.74. The van der Waals surface area contributed by atoms with Crippen molar-refractivity contribution in [1.29, 1.82) is 0 Å². The average molecular weight is 423 g/mol. The Balaban J connectivity index is 1.22. The number of hydrogen-bond donors (Lipinski definition) is 0. The van der Waals surface area contributed by atoms with Crippen LogP contribution in [0, 0.1) is 12.7 Å². The van der Waals surface area contributed by atoms with Crippen molar-refractivity contribution in [2.45, 2.75) is 26.2 Å². The van der Waals surface area contributed by atoms with Crippen LogP contribution in [0.25, 0.3) is 11.4 Å². The van der Waals surface area contributed by atoms with E-state index in [1.165, 1.54) is 11.6 Å². The van der Waals surface area contributed by atoms with Crippen LogP contribution < -0.4 is 0 Å². The Kier molecular flexibility index (Phi) is 6.72. The summed E-state index contributed by atoms with van der Waals surface area (Å²) >= 11 is 0. The fourth-order valence-electron chi connectivity index (χ4n) is 3.73. The fourth-order valence-corrected chi connectivity index (χ4v) is 3.73. The van der Waals surface area contributed by atoms with Crippen molar-refractivity contribution in [2.24, 2.45) is 0 Å². The molecule has 6 nitrogen and oxygen atoms in total. The standard InChI is InChI=1S/C24H27FN4O2/c1-18-7-8-20(17-21(18)25)24-26-22(31-27-24)9-10-23(30)29-15-13-28(14-16-29)12-11-19-5-3-2-4-6-19/h2-8,17H,9-16H2,1H3. The molecule has 1 aliphatic heterocycles. The molecular formula is C24H27FN4O2. The highest BCUT2D eigenvalue weighted by Crippen LogP contribution is 2.19. The number of benzene rings is 2. The quantitative estimate of drug-likeness (QED) is 0.583. The number of aromatic nitrogens is 2. The lowest BCUT2D eigenvalue weighted by atomic mass is 10.1. The first kappa shape index (κ1) is 21.2. The van der Waals surface area contributed by atoms with E-state index >= 15 is 0 Å². The molecule has 2 aromatic carbocycles. The normalized spacial score (nSPS) is 14.7. The van der Waals surface area contributed by atoms with Gasteiger partial charge in [0.25, 0.3) is 0 Å². The zero-order valence-electron chi connectivity index (χ0n) is 17.8. The number of carbonyl (C=O) groups excluding carboxylic acids is 1. The predicted molar refractivity (Wildman–Crippen MR) is 116 cm³/mol. The lowest BCUT2D eigenvalue weighted by Gasteiger charge is -2.34. The van der Waals surface area contributed by atoms with E-state index in [4.69, 9.17) is 4.52 Å². The van der Waals surface area contributed by atoms with Gasteiger partial charge in [0, 0.05) is 51.1 Å². The van der Waals surface area contributed by atoms with Gasteiger partial charge in [-0.05, 0) is 30.5 Å². The van der Waals surface area contributed by atoms with Crippen molar-refractivity contribution in [3.63, 3.8) is 0 Å². The van der Waals surface area contributed by atoms with Gasteiger partial charge in [-0.25, -0.2) is 4.39 Å². The minimum atomic E-state index is -0.304. The molecule has 7 heteroatoms. The van der Waals surface area contributed by atoms with Crippen LogP contribution >= 0.6 is 0 Å². The summed E-state index contributed by atoms with van der Waals surface area (Å²) in [6.45, 7) is 5.98. The van der Waals surface area contributed by atoms with E-state index in [1.807, 2.05) is 11.0 Å². The molecule has 1 fully saturated rings. The Labute approximate surface area is 181 Å². The zero-order chi connectivity index (χ0) is 21.6. The summed E-state index contributed by atoms with van der Waals surface area (Å²) in [5, 5.41) is 3.92. The van der Waals surface area contributed by atoms with Crippen molar-refractivity contribution in [3.8, 4) is 11.4 Å². The van der Waals surface area contributed by atoms with E-state index < -0.39 is 0 Å². The molecule has 0 saturated carbocycles. The number of halogens is 1. The van der Waals surface area contributed by atoms with Gasteiger partial charge >= 0.3 is 0 Å². The first-order valence-electron chi connectivity index (χ1n) is 10.7. The molecule has 1 amide bonds. The van der Waals surface area contributed by atoms with E-state index in [1.54, 1.807) is 19.1 Å². The molecule has 4 rings (SSSR count). The summed E-state index contributed by atoms with van der Waals surface area (Å²) in [5.41, 5.74) is 2.47. The second kappa shape index (κ2) is 9.83. The fraction of sp³-hybridized carbons (Fsp3) is 0.375. The van der Waals surface area contributed by atoms with E-state index in [9.17, 15) is 9.18 Å². The molecule has 0 bridgehead atoms. The molecule has 0 N–H and O–H groups in total. The molecule has 3 aromatic rings. The van der Waals surface area contributed by atoms with Crippen LogP contribution in [0.4, 0.5) is 4.39 Å². The minimum absolute atomic E-state index is 0.101. The van der Waals surface area contributed by atoms with E-state index in [0.717, 1.165) is 39.1 Å². The maximum Gasteiger partial charge on any atom is 0.227 e. The Morgan fingerprint density at radius 3 is 2.58 bits per heavy atom. The summed E-state index contributed by atoms with van der Waals surface area (Å²) < 4.78 is 19.0. The van der Waals surface area contributed by atoms with Crippen molar-refractivity contribution in [3.05, 3.63) is 71.4 Å². The topological polar surface area (TPSA) is 62.5 Å². The molecule has 31 heavy (non-hydrogen) atoms. The minimum Gasteiger partial charge on any atom is -0.340 e. The van der Waals surface area contributed by atoms with Crippen LogP contribution in [0.1, 0.15) is 23.4 Å². The van der Waals surface area contributed by atoms with Gasteiger partial charge in [-0.15, -0.1) is 0 Å². The van der Waals surface area contributed by atoms with Crippen LogP contribution in [0.2, 0.25) is 0 Å². The monoisotopic (exact) mass is 422 g/mol. The lowest BCUT2D eigenvalue weighted by molar-refractivity contribution is -0.133. The van der Waals surface area contributed by atoms with Gasteiger partial charge in [0.1, 0.15) is 5.82 Å². The van der Waals surface area contributed by atoms with Gasteiger partial charge in [-0.1, -0.05) is 47.6 Å². The van der Waals surface area contributed by atoms with Crippen LogP contribution in [-0.2, 0) is 17.6 Å². The summed E-state index contributed by atoms with van der Waals surface area (Å²) in [5.74, 6) is 0.532. The molecule has 1 saturated heterocycles. The maximum absolute atomic E-state index is 13.8. The molecule has 2 heterocycles. The second-order valence-electron chi connectivity index (χ2n) is 7.93. The molecule has 0 unspecified atom stereocenters. The van der Waals surface area contributed by atoms with Gasteiger partial charge in [0.15, 0.2) is 0 Å². The second-order valence-corrected chi connectivity index (χ2v) is 7.93. The summed E-state index contributed by atoms with van der Waals surface area (Å²) in [4.78, 5) is 21.2. The van der Waals surface area contributed by atoms with Gasteiger partial charge in [0.2, 0.25) is 17.6 Å². The molecule has 1 aliphatic rings. The molecule has 0 atom stereocenters. The SMILES string of the molecule is Cc1ccc(-c2noc(CCC(=O)N3CCN(CCc4ccccc4)CC3)n2)cc1F. The first-order chi connectivity index (χ1) is 15.1. The number of nitrogens with zero attached hydrogens (tertiary/aromatic N) is 4. The third-order valence-corrected chi connectivity index (χ3v) is 5.74. The summed E-state index contributed by atoms with van der Waals surface area (Å²) in [6, 6.07) is 15.3. The maximum atomic E-state index is 13.8. The smallest absolute Gasteiger partial charge is 0.227 e. The third kappa shape index (κ3) is 5.55. The number of carbonyl (C=O) groups is 1. The van der Waals surface area contributed by atoms with Crippen molar-refractivity contribution in [2.75, 3.05) is 32.7 Å². The molecule has 0 spiro atoms. The van der Waals surface area contributed by atoms with Gasteiger partial charge < -0.3 is 9.42 Å². The summed E-state index contributed by atoms with van der Waals surface area (Å²) in [7, 11) is 0. The van der Waals surface area contributed by atoms with Crippen LogP contribution in [0.15, 0.2) is 53.1 Å². The van der Waals surface area contributed by atoms with Gasteiger partial charge in [-0.2, -0.15) is 4.98 Å². The Hall–Kier alpha value is -3.06. The van der Waals surface area contributed by atoms with Crippen LogP contribution in [0.3, 0.4) is 0 Å².